The van der Waals surface area contributed by atoms with Crippen LogP contribution < -0.4 is 4.90 Å². The van der Waals surface area contributed by atoms with Crippen LogP contribution in [0.4, 0.5) is 10.1 Å². The van der Waals surface area contributed by atoms with Gasteiger partial charge < -0.3 is 9.64 Å². The van der Waals surface area contributed by atoms with E-state index in [1.54, 1.807) is 29.2 Å². The minimum Gasteiger partial charge on any atom is -0.451 e. The van der Waals surface area contributed by atoms with E-state index < -0.39 is 23.7 Å². The van der Waals surface area contributed by atoms with Gasteiger partial charge in [0.15, 0.2) is 6.10 Å². The van der Waals surface area contributed by atoms with Crippen molar-refractivity contribution in [2.45, 2.75) is 25.9 Å². The van der Waals surface area contributed by atoms with E-state index in [1.165, 1.54) is 31.2 Å². The number of benzene rings is 2. The van der Waals surface area contributed by atoms with Gasteiger partial charge in [-0.1, -0.05) is 12.1 Å². The number of hydrogen-bond acceptors (Lipinski definition) is 4. The molecule has 0 N–H and O–H groups in total. The predicted octanol–water partition coefficient (Wildman–Crippen LogP) is 3.38. The average molecular weight is 355 g/mol. The van der Waals surface area contributed by atoms with Crippen molar-refractivity contribution in [1.29, 1.82) is 0 Å². The molecule has 26 heavy (non-hydrogen) atoms. The lowest BCUT2D eigenvalue weighted by atomic mass is 10.1. The summed E-state index contributed by atoms with van der Waals surface area (Å²) in [5.74, 6) is -1.59. The number of carbonyl (C=O) groups excluding carboxylic acids is 3. The second-order valence-electron chi connectivity index (χ2n) is 6.08. The lowest BCUT2D eigenvalue weighted by Crippen LogP contribution is -2.28. The molecule has 0 aliphatic carbocycles. The van der Waals surface area contributed by atoms with Gasteiger partial charge >= 0.3 is 5.97 Å². The number of Topliss-reactive ketones (excluding diaryl/α,β-unsaturated/α-hetero) is 1. The lowest BCUT2D eigenvalue weighted by Gasteiger charge is -2.20. The number of ketones is 1. The number of nitrogens with zero attached hydrogens (tertiary/aromatic N) is 1. The van der Waals surface area contributed by atoms with Crippen molar-refractivity contribution in [3.8, 4) is 0 Å². The Hall–Kier alpha value is -3.02. The van der Waals surface area contributed by atoms with E-state index in [9.17, 15) is 18.8 Å². The summed E-state index contributed by atoms with van der Waals surface area (Å²) in [6, 6.07) is 11.7. The van der Waals surface area contributed by atoms with Gasteiger partial charge in [0.2, 0.25) is 11.7 Å². The number of para-hydroxylation sites is 1. The molecular weight excluding hydrogens is 337 g/mol. The first-order chi connectivity index (χ1) is 12.5. The highest BCUT2D eigenvalue weighted by molar-refractivity contribution is 6.05. The summed E-state index contributed by atoms with van der Waals surface area (Å²) in [6.45, 7) is 2.01. The smallest absolute Gasteiger partial charge is 0.340 e. The van der Waals surface area contributed by atoms with Crippen molar-refractivity contribution in [3.05, 3.63) is 65.5 Å². The quantitative estimate of drug-likeness (QED) is 0.609. The summed E-state index contributed by atoms with van der Waals surface area (Å²) >= 11 is 0. The molecule has 1 saturated heterocycles. The van der Waals surface area contributed by atoms with Crippen LogP contribution in [-0.4, -0.2) is 30.3 Å². The first kappa shape index (κ1) is 17.8. The Kier molecular flexibility index (Phi) is 5.11. The van der Waals surface area contributed by atoms with E-state index in [2.05, 4.69) is 0 Å². The Morgan fingerprint density at radius 2 is 1.81 bits per heavy atom. The van der Waals surface area contributed by atoms with E-state index in [1.807, 2.05) is 0 Å². The first-order valence-corrected chi connectivity index (χ1v) is 8.37. The van der Waals surface area contributed by atoms with E-state index in [0.29, 0.717) is 18.7 Å². The number of anilines is 1. The van der Waals surface area contributed by atoms with Gasteiger partial charge in [-0.2, -0.15) is 0 Å². The van der Waals surface area contributed by atoms with Crippen LogP contribution in [0.1, 0.15) is 40.5 Å². The molecule has 1 amide bonds. The number of rotatable bonds is 5. The average Bonchev–Trinajstić information content (AvgIpc) is 3.07. The van der Waals surface area contributed by atoms with Gasteiger partial charge in [-0.25, -0.2) is 9.18 Å². The maximum absolute atomic E-state index is 13.0. The summed E-state index contributed by atoms with van der Waals surface area (Å²) in [6.07, 6.45) is 0.153. The highest BCUT2D eigenvalue weighted by Crippen LogP contribution is 2.26. The molecule has 0 unspecified atom stereocenters. The van der Waals surface area contributed by atoms with Gasteiger partial charge in [0, 0.05) is 18.5 Å². The largest absolute Gasteiger partial charge is 0.451 e. The lowest BCUT2D eigenvalue weighted by molar-refractivity contribution is -0.117. The van der Waals surface area contributed by atoms with E-state index >= 15 is 0 Å². The molecule has 2 aromatic carbocycles. The summed E-state index contributed by atoms with van der Waals surface area (Å²) in [4.78, 5) is 38.4. The fraction of sp³-hybridized carbons (Fsp3) is 0.250. The van der Waals surface area contributed by atoms with Crippen LogP contribution >= 0.6 is 0 Å². The molecule has 1 aliphatic rings. The zero-order chi connectivity index (χ0) is 18.7. The molecule has 3 rings (SSSR count). The SMILES string of the molecule is C[C@@H](OC(=O)c1ccccc1N1CCCC1=O)C(=O)c1ccc(F)cc1. The number of carbonyl (C=O) groups is 3. The molecule has 134 valence electrons. The third kappa shape index (κ3) is 3.64. The van der Waals surface area contributed by atoms with Gasteiger partial charge in [-0.05, 0) is 49.7 Å². The van der Waals surface area contributed by atoms with Crippen LogP contribution in [0.2, 0.25) is 0 Å². The van der Waals surface area contributed by atoms with Gasteiger partial charge in [-0.15, -0.1) is 0 Å². The van der Waals surface area contributed by atoms with Crippen molar-refractivity contribution in [2.75, 3.05) is 11.4 Å². The predicted molar refractivity (Wildman–Crippen MR) is 93.6 cm³/mol. The first-order valence-electron chi connectivity index (χ1n) is 8.37. The minimum absolute atomic E-state index is 0.0410. The Morgan fingerprint density at radius 1 is 1.12 bits per heavy atom. The van der Waals surface area contributed by atoms with Crippen LogP contribution in [0.3, 0.4) is 0 Å². The molecule has 0 aromatic heterocycles. The number of amides is 1. The van der Waals surface area contributed by atoms with E-state index in [-0.39, 0.29) is 17.0 Å². The fourth-order valence-electron chi connectivity index (χ4n) is 2.91. The van der Waals surface area contributed by atoms with Gasteiger partial charge in [-0.3, -0.25) is 9.59 Å². The number of halogens is 1. The standard InChI is InChI=1S/C20H18FNO4/c1-13(19(24)14-8-10-15(21)11-9-14)26-20(25)16-5-2-3-6-17(16)22-12-4-7-18(22)23/h2-3,5-6,8-11,13H,4,7,12H2,1H3/t13-/m1/s1. The molecule has 0 saturated carbocycles. The Morgan fingerprint density at radius 3 is 2.46 bits per heavy atom. The van der Waals surface area contributed by atoms with Crippen LogP contribution in [-0.2, 0) is 9.53 Å². The number of esters is 1. The third-order valence-corrected chi connectivity index (χ3v) is 4.27. The monoisotopic (exact) mass is 355 g/mol. The van der Waals surface area contributed by atoms with Crippen molar-refractivity contribution in [1.82, 2.24) is 0 Å². The molecule has 0 spiro atoms. The second kappa shape index (κ2) is 7.47. The van der Waals surface area contributed by atoms with Crippen LogP contribution in [0.15, 0.2) is 48.5 Å². The fourth-order valence-corrected chi connectivity index (χ4v) is 2.91. The molecular formula is C20H18FNO4. The van der Waals surface area contributed by atoms with Crippen molar-refractivity contribution < 1.29 is 23.5 Å². The maximum atomic E-state index is 13.0. The maximum Gasteiger partial charge on any atom is 0.340 e. The summed E-state index contributed by atoms with van der Waals surface area (Å²) in [5, 5.41) is 0. The van der Waals surface area contributed by atoms with Crippen LogP contribution in [0, 0.1) is 5.82 Å². The molecule has 0 radical (unpaired) electrons. The molecule has 1 fully saturated rings. The molecule has 2 aromatic rings. The van der Waals surface area contributed by atoms with Crippen molar-refractivity contribution in [3.63, 3.8) is 0 Å². The number of ether oxygens (including phenoxy) is 1. The second-order valence-corrected chi connectivity index (χ2v) is 6.08. The van der Waals surface area contributed by atoms with Gasteiger partial charge in [0.05, 0.1) is 11.3 Å². The zero-order valence-corrected chi connectivity index (χ0v) is 14.3. The highest BCUT2D eigenvalue weighted by Gasteiger charge is 2.27. The van der Waals surface area contributed by atoms with E-state index in [0.717, 1.165) is 6.42 Å². The molecule has 1 heterocycles. The Balaban J connectivity index is 1.77. The van der Waals surface area contributed by atoms with E-state index in [4.69, 9.17) is 4.74 Å². The molecule has 5 nitrogen and oxygen atoms in total. The third-order valence-electron chi connectivity index (χ3n) is 4.27. The van der Waals surface area contributed by atoms with Crippen LogP contribution in [0.25, 0.3) is 0 Å². The van der Waals surface area contributed by atoms with Crippen molar-refractivity contribution >= 4 is 23.3 Å². The zero-order valence-electron chi connectivity index (χ0n) is 14.3. The molecule has 0 bridgehead atoms. The Bertz CT molecular complexity index is 847. The summed E-state index contributed by atoms with van der Waals surface area (Å²) < 4.78 is 18.3. The minimum atomic E-state index is -1.03. The Labute approximate surface area is 150 Å². The molecule has 1 atom stereocenters. The highest BCUT2D eigenvalue weighted by atomic mass is 19.1. The van der Waals surface area contributed by atoms with Gasteiger partial charge in [0.1, 0.15) is 5.82 Å². The van der Waals surface area contributed by atoms with Crippen LogP contribution in [0.5, 0.6) is 0 Å². The number of hydrogen-bond donors (Lipinski definition) is 0. The molecule has 1 aliphatic heterocycles. The normalized spacial score (nSPS) is 15.0. The molecule has 6 heteroatoms. The summed E-state index contributed by atoms with van der Waals surface area (Å²) in [5.41, 5.74) is 0.984. The van der Waals surface area contributed by atoms with Gasteiger partial charge in [0.25, 0.3) is 0 Å². The van der Waals surface area contributed by atoms with Crippen molar-refractivity contribution in [2.24, 2.45) is 0 Å². The summed E-state index contributed by atoms with van der Waals surface area (Å²) in [7, 11) is 0. The topological polar surface area (TPSA) is 63.7 Å².